The maximum absolute atomic E-state index is 13.6. The Kier molecular flexibility index (Phi) is 7.25. The Bertz CT molecular complexity index is 817. The molecular formula is C25H33FN2O3. The summed E-state index contributed by atoms with van der Waals surface area (Å²) in [6.45, 7) is 0.0559. The Hall–Kier alpha value is -2.37. The molecule has 2 atom stereocenters. The summed E-state index contributed by atoms with van der Waals surface area (Å²) < 4.78 is 19.6. The van der Waals surface area contributed by atoms with Crippen molar-refractivity contribution in [1.82, 2.24) is 10.2 Å². The average Bonchev–Trinajstić information content (AvgIpc) is 2.73. The third-order valence-corrected chi connectivity index (χ3v) is 6.75. The van der Waals surface area contributed by atoms with Crippen LogP contribution >= 0.6 is 0 Å². The van der Waals surface area contributed by atoms with Gasteiger partial charge in [-0.3, -0.25) is 9.59 Å². The summed E-state index contributed by atoms with van der Waals surface area (Å²) in [5.41, 5.74) is 0.580. The number of hydrogen-bond acceptors (Lipinski definition) is 3. The Balaban J connectivity index is 1.48. The summed E-state index contributed by atoms with van der Waals surface area (Å²) in [4.78, 5) is 27.8. The maximum Gasteiger partial charge on any atom is 0.289 e. The second kappa shape index (κ2) is 10.3. The van der Waals surface area contributed by atoms with Crippen molar-refractivity contribution in [3.05, 3.63) is 41.4 Å². The van der Waals surface area contributed by atoms with Crippen LogP contribution in [0.25, 0.3) is 6.08 Å². The number of nitrogens with one attached hydrogen (secondary N) is 1. The van der Waals surface area contributed by atoms with Crippen molar-refractivity contribution >= 4 is 17.9 Å². The highest BCUT2D eigenvalue weighted by Crippen LogP contribution is 2.33. The molecule has 4 rings (SSSR count). The molecule has 1 saturated heterocycles. The number of fused-ring (bicyclic) bond motifs is 1. The van der Waals surface area contributed by atoms with Gasteiger partial charge in [0.25, 0.3) is 5.91 Å². The minimum atomic E-state index is -0.358. The number of carbonyl (C=O) groups is 2. The van der Waals surface area contributed by atoms with Crippen LogP contribution in [0, 0.1) is 5.82 Å². The predicted octanol–water partition coefficient (Wildman–Crippen LogP) is 4.57. The molecule has 5 nitrogen and oxygen atoms in total. The maximum atomic E-state index is 13.6. The number of amides is 2. The van der Waals surface area contributed by atoms with E-state index < -0.39 is 0 Å². The van der Waals surface area contributed by atoms with Gasteiger partial charge in [-0.1, -0.05) is 50.7 Å². The van der Waals surface area contributed by atoms with Crippen LogP contribution in [0.1, 0.15) is 76.2 Å². The first kappa shape index (κ1) is 21.8. The van der Waals surface area contributed by atoms with E-state index in [2.05, 4.69) is 5.32 Å². The Morgan fingerprint density at radius 3 is 2.55 bits per heavy atom. The van der Waals surface area contributed by atoms with Crippen molar-refractivity contribution in [3.8, 4) is 0 Å². The highest BCUT2D eigenvalue weighted by atomic mass is 19.1. The first-order valence-corrected chi connectivity index (χ1v) is 11.8. The van der Waals surface area contributed by atoms with Crippen molar-refractivity contribution in [3.63, 3.8) is 0 Å². The summed E-state index contributed by atoms with van der Waals surface area (Å²) in [5, 5.41) is 3.18. The van der Waals surface area contributed by atoms with E-state index in [9.17, 15) is 14.0 Å². The molecule has 6 heteroatoms. The summed E-state index contributed by atoms with van der Waals surface area (Å²) >= 11 is 0. The fourth-order valence-electron chi connectivity index (χ4n) is 5.14. The standard InChI is InChI=1S/C25H33FN2O3/c26-19-10-8-9-18(15-19)16-23-25(30)28(21-13-6-7-14-22(21)31-23)17-24(29)27-20-11-4-2-1-3-5-12-20/h8-10,15-16,20-22H,1-7,11-14,17H2,(H,27,29)/b23-16+. The number of morpholine rings is 1. The second-order valence-corrected chi connectivity index (χ2v) is 9.11. The molecule has 1 N–H and O–H groups in total. The number of carbonyl (C=O) groups excluding carboxylic acids is 2. The number of halogens is 1. The van der Waals surface area contributed by atoms with Gasteiger partial charge in [0.05, 0.1) is 6.04 Å². The van der Waals surface area contributed by atoms with Gasteiger partial charge in [-0.15, -0.1) is 0 Å². The first-order valence-electron chi connectivity index (χ1n) is 11.8. The van der Waals surface area contributed by atoms with Crippen molar-refractivity contribution in [2.75, 3.05) is 6.54 Å². The molecule has 2 unspecified atom stereocenters. The molecule has 31 heavy (non-hydrogen) atoms. The zero-order valence-electron chi connectivity index (χ0n) is 18.2. The van der Waals surface area contributed by atoms with Gasteiger partial charge in [-0.2, -0.15) is 0 Å². The van der Waals surface area contributed by atoms with E-state index in [0.717, 1.165) is 51.4 Å². The van der Waals surface area contributed by atoms with Gasteiger partial charge < -0.3 is 15.0 Å². The highest BCUT2D eigenvalue weighted by molar-refractivity contribution is 5.98. The molecule has 3 aliphatic rings. The summed E-state index contributed by atoms with van der Waals surface area (Å²) in [7, 11) is 0. The van der Waals surface area contributed by atoms with Crippen LogP contribution in [0.4, 0.5) is 4.39 Å². The van der Waals surface area contributed by atoms with E-state index >= 15 is 0 Å². The third-order valence-electron chi connectivity index (χ3n) is 6.75. The van der Waals surface area contributed by atoms with E-state index in [1.807, 2.05) is 0 Å². The van der Waals surface area contributed by atoms with Gasteiger partial charge in [0, 0.05) is 6.04 Å². The number of nitrogens with zero attached hydrogens (tertiary/aromatic N) is 1. The average molecular weight is 429 g/mol. The topological polar surface area (TPSA) is 58.6 Å². The second-order valence-electron chi connectivity index (χ2n) is 9.11. The summed E-state index contributed by atoms with van der Waals surface area (Å²) in [5.74, 6) is -0.522. The van der Waals surface area contributed by atoms with Crippen LogP contribution in [0.2, 0.25) is 0 Å². The number of benzene rings is 1. The van der Waals surface area contributed by atoms with Crippen LogP contribution in [0.15, 0.2) is 30.0 Å². The third kappa shape index (κ3) is 5.66. The zero-order valence-corrected chi connectivity index (χ0v) is 18.2. The van der Waals surface area contributed by atoms with Gasteiger partial charge in [0.1, 0.15) is 18.5 Å². The molecule has 0 aromatic heterocycles. The number of rotatable bonds is 4. The molecule has 3 fully saturated rings. The van der Waals surface area contributed by atoms with E-state index in [1.54, 1.807) is 23.1 Å². The minimum absolute atomic E-state index is 0.0559. The summed E-state index contributed by atoms with van der Waals surface area (Å²) in [6, 6.07) is 6.23. The molecule has 2 aliphatic carbocycles. The quantitative estimate of drug-likeness (QED) is 0.715. The SMILES string of the molecule is O=C(CN1C(=O)/C(=C\c2cccc(F)c2)OC2CCCCC21)NC1CCCCCCC1. The largest absolute Gasteiger partial charge is 0.482 e. The first-order chi connectivity index (χ1) is 15.1. The highest BCUT2D eigenvalue weighted by Gasteiger charge is 2.42. The van der Waals surface area contributed by atoms with Crippen LogP contribution in [-0.4, -0.2) is 41.4 Å². The molecule has 1 aromatic carbocycles. The van der Waals surface area contributed by atoms with Gasteiger partial charge in [0.15, 0.2) is 5.76 Å². The summed E-state index contributed by atoms with van der Waals surface area (Å²) in [6.07, 6.45) is 13.3. The van der Waals surface area contributed by atoms with Crippen LogP contribution in [0.3, 0.4) is 0 Å². The van der Waals surface area contributed by atoms with Crippen LogP contribution < -0.4 is 5.32 Å². The Morgan fingerprint density at radius 1 is 1.06 bits per heavy atom. The zero-order chi connectivity index (χ0) is 21.6. The van der Waals surface area contributed by atoms with E-state index in [4.69, 9.17) is 4.74 Å². The number of hydrogen-bond donors (Lipinski definition) is 1. The smallest absolute Gasteiger partial charge is 0.289 e. The van der Waals surface area contributed by atoms with E-state index in [0.29, 0.717) is 5.56 Å². The lowest BCUT2D eigenvalue weighted by Gasteiger charge is -2.44. The Morgan fingerprint density at radius 2 is 1.77 bits per heavy atom. The van der Waals surface area contributed by atoms with Gasteiger partial charge >= 0.3 is 0 Å². The van der Waals surface area contributed by atoms with Gasteiger partial charge in [0.2, 0.25) is 5.91 Å². The molecule has 1 heterocycles. The van der Waals surface area contributed by atoms with Crippen LogP contribution in [0.5, 0.6) is 0 Å². The fourth-order valence-corrected chi connectivity index (χ4v) is 5.14. The van der Waals surface area contributed by atoms with Gasteiger partial charge in [-0.25, -0.2) is 4.39 Å². The van der Waals surface area contributed by atoms with Crippen LogP contribution in [-0.2, 0) is 14.3 Å². The fraction of sp³-hybridized carbons (Fsp3) is 0.600. The lowest BCUT2D eigenvalue weighted by molar-refractivity contribution is -0.152. The monoisotopic (exact) mass is 428 g/mol. The van der Waals surface area contributed by atoms with Crippen molar-refractivity contribution in [2.45, 2.75) is 88.8 Å². The van der Waals surface area contributed by atoms with Crippen molar-refractivity contribution < 1.29 is 18.7 Å². The van der Waals surface area contributed by atoms with Crippen molar-refractivity contribution in [1.29, 1.82) is 0 Å². The van der Waals surface area contributed by atoms with E-state index in [-0.39, 0.29) is 48.1 Å². The molecule has 2 amide bonds. The lowest BCUT2D eigenvalue weighted by Crippen LogP contribution is -2.57. The lowest BCUT2D eigenvalue weighted by atomic mass is 9.89. The molecule has 168 valence electrons. The predicted molar refractivity (Wildman–Crippen MR) is 117 cm³/mol. The normalized spacial score (nSPS) is 26.5. The Labute approximate surface area is 184 Å². The molecule has 1 aliphatic heterocycles. The molecule has 1 aromatic rings. The molecule has 2 saturated carbocycles. The molecule has 0 bridgehead atoms. The van der Waals surface area contributed by atoms with E-state index in [1.165, 1.54) is 31.4 Å². The molecular weight excluding hydrogens is 395 g/mol. The minimum Gasteiger partial charge on any atom is -0.482 e. The van der Waals surface area contributed by atoms with Gasteiger partial charge in [-0.05, 0) is 55.9 Å². The number of ether oxygens (including phenoxy) is 1. The van der Waals surface area contributed by atoms with Crippen molar-refractivity contribution in [2.24, 2.45) is 0 Å². The molecule has 0 spiro atoms. The molecule has 0 radical (unpaired) electrons.